The molecule has 0 atom stereocenters. The van der Waals surface area contributed by atoms with Gasteiger partial charge in [0.05, 0.1) is 0 Å². The van der Waals surface area contributed by atoms with Gasteiger partial charge in [-0.15, -0.1) is 0 Å². The topological polar surface area (TPSA) is 111 Å². The van der Waals surface area contributed by atoms with Crippen molar-refractivity contribution >= 4 is 5.96 Å². The number of hydrogen-bond donors (Lipinski definition) is 4. The van der Waals surface area contributed by atoms with Crippen LogP contribution in [0.1, 0.15) is 0 Å². The number of phenolic OH excluding ortho intramolecular Hbond substituents is 1. The number of rotatable bonds is 1. The molecular weight excluding hydrogens is 200 g/mol. The number of guanidine groups is 1. The van der Waals surface area contributed by atoms with Crippen LogP contribution in [-0.2, 0) is 0 Å². The average molecular weight is 212 g/mol. The second-order valence-electron chi connectivity index (χ2n) is 2.33. The molecule has 0 heterocycles. The molecule has 0 saturated heterocycles. The zero-order valence-electron chi connectivity index (χ0n) is 8.10. The van der Waals surface area contributed by atoms with E-state index >= 15 is 0 Å². The first-order valence-corrected chi connectivity index (χ1v) is 3.97. The molecule has 0 aliphatic heterocycles. The lowest BCUT2D eigenvalue weighted by molar-refractivity contribution is -0.525. The standard InChI is InChI=1S/C6H6O.C2H6N4O2/c7-6-4-2-1-3-5-6;1-4-2(3)5-6(7)8/h1-5,7H;1H3,(H3,3,4,5). The molecule has 0 amide bonds. The van der Waals surface area contributed by atoms with Crippen LogP contribution in [-0.4, -0.2) is 23.1 Å². The second kappa shape index (κ2) is 7.13. The van der Waals surface area contributed by atoms with Crippen LogP contribution >= 0.6 is 0 Å². The van der Waals surface area contributed by atoms with Crippen LogP contribution in [0.15, 0.2) is 30.3 Å². The van der Waals surface area contributed by atoms with Crippen LogP contribution < -0.4 is 10.7 Å². The minimum atomic E-state index is -0.807. The molecule has 7 nitrogen and oxygen atoms in total. The Morgan fingerprint density at radius 1 is 1.47 bits per heavy atom. The van der Waals surface area contributed by atoms with Crippen molar-refractivity contribution in [3.05, 3.63) is 40.4 Å². The summed E-state index contributed by atoms with van der Waals surface area (Å²) in [4.78, 5) is 9.48. The molecule has 0 unspecified atom stereocenters. The summed E-state index contributed by atoms with van der Waals surface area (Å²) >= 11 is 0. The van der Waals surface area contributed by atoms with E-state index in [9.17, 15) is 10.1 Å². The number of nitrogens with one attached hydrogen (secondary N) is 3. The Bertz CT molecular complexity index is 315. The van der Waals surface area contributed by atoms with E-state index in [0.29, 0.717) is 5.75 Å². The first kappa shape index (κ1) is 12.7. The van der Waals surface area contributed by atoms with Gasteiger partial charge in [-0.2, -0.15) is 0 Å². The molecule has 0 aromatic heterocycles. The van der Waals surface area contributed by atoms with Crippen LogP contribution in [0, 0.1) is 15.5 Å². The number of nitrogens with zero attached hydrogens (tertiary/aromatic N) is 1. The maximum absolute atomic E-state index is 9.48. The van der Waals surface area contributed by atoms with E-state index in [2.05, 4.69) is 5.32 Å². The molecule has 0 aliphatic carbocycles. The van der Waals surface area contributed by atoms with Crippen LogP contribution in [0.2, 0.25) is 0 Å². The Kier molecular flexibility index (Phi) is 6.03. The number of para-hydroxylation sites is 1. The number of phenols is 1. The molecule has 1 aromatic carbocycles. The van der Waals surface area contributed by atoms with Crippen LogP contribution in [0.5, 0.6) is 5.75 Å². The molecule has 0 bridgehead atoms. The lowest BCUT2D eigenvalue weighted by Crippen LogP contribution is -2.37. The molecule has 15 heavy (non-hydrogen) atoms. The highest BCUT2D eigenvalue weighted by Crippen LogP contribution is 2.02. The number of benzene rings is 1. The Morgan fingerprint density at radius 2 is 2.00 bits per heavy atom. The third-order valence-electron chi connectivity index (χ3n) is 1.21. The van der Waals surface area contributed by atoms with Crippen molar-refractivity contribution in [2.24, 2.45) is 0 Å². The lowest BCUT2D eigenvalue weighted by atomic mass is 10.3. The van der Waals surface area contributed by atoms with Gasteiger partial charge in [0.15, 0.2) is 5.03 Å². The SMILES string of the molecule is CNC(=N)N[N+](=O)[O-].Oc1ccccc1. The van der Waals surface area contributed by atoms with Crippen molar-refractivity contribution < 1.29 is 10.1 Å². The number of hydrazine groups is 1. The van der Waals surface area contributed by atoms with Crippen molar-refractivity contribution in [2.75, 3.05) is 7.05 Å². The molecule has 0 spiro atoms. The summed E-state index contributed by atoms with van der Waals surface area (Å²) in [5, 5.41) is 26.1. The largest absolute Gasteiger partial charge is 0.508 e. The van der Waals surface area contributed by atoms with Gasteiger partial charge in [0, 0.05) is 7.05 Å². The highest BCUT2D eigenvalue weighted by Gasteiger charge is 1.95. The Balaban J connectivity index is 0.000000262. The first-order valence-electron chi connectivity index (χ1n) is 3.97. The molecule has 4 N–H and O–H groups in total. The van der Waals surface area contributed by atoms with Gasteiger partial charge in [-0.05, 0) is 12.1 Å². The fourth-order valence-electron chi connectivity index (χ4n) is 0.575. The van der Waals surface area contributed by atoms with Crippen molar-refractivity contribution in [1.82, 2.24) is 10.7 Å². The van der Waals surface area contributed by atoms with E-state index in [1.54, 1.807) is 29.7 Å². The predicted molar refractivity (Wildman–Crippen MR) is 55.0 cm³/mol. The highest BCUT2D eigenvalue weighted by molar-refractivity contribution is 5.74. The van der Waals surface area contributed by atoms with Gasteiger partial charge >= 0.3 is 0 Å². The van der Waals surface area contributed by atoms with E-state index in [0.717, 1.165) is 0 Å². The number of hydrogen-bond acceptors (Lipinski definition) is 4. The van der Waals surface area contributed by atoms with E-state index in [4.69, 9.17) is 10.5 Å². The zero-order chi connectivity index (χ0) is 11.7. The van der Waals surface area contributed by atoms with Crippen LogP contribution in [0.25, 0.3) is 0 Å². The predicted octanol–water partition coefficient (Wildman–Crippen LogP) is 0.314. The number of nitro groups is 1. The molecule has 82 valence electrons. The second-order valence-corrected chi connectivity index (χ2v) is 2.33. The third-order valence-corrected chi connectivity index (χ3v) is 1.21. The van der Waals surface area contributed by atoms with Crippen molar-refractivity contribution in [3.63, 3.8) is 0 Å². The normalized spacial score (nSPS) is 8.07. The molecule has 1 aromatic rings. The quantitative estimate of drug-likeness (QED) is 0.232. The molecular formula is C8H12N4O3. The van der Waals surface area contributed by atoms with Gasteiger partial charge in [-0.1, -0.05) is 23.6 Å². The summed E-state index contributed by atoms with van der Waals surface area (Å²) in [5.41, 5.74) is 1.59. The monoisotopic (exact) mass is 212 g/mol. The zero-order valence-corrected chi connectivity index (χ0v) is 8.10. The average Bonchev–Trinajstić information content (AvgIpc) is 2.19. The highest BCUT2D eigenvalue weighted by atomic mass is 16.7. The van der Waals surface area contributed by atoms with Crippen molar-refractivity contribution in [2.45, 2.75) is 0 Å². The van der Waals surface area contributed by atoms with Crippen molar-refractivity contribution in [1.29, 1.82) is 5.41 Å². The molecule has 0 radical (unpaired) electrons. The molecule has 0 saturated carbocycles. The summed E-state index contributed by atoms with van der Waals surface area (Å²) in [7, 11) is 1.42. The van der Waals surface area contributed by atoms with Gasteiger partial charge in [0.2, 0.25) is 0 Å². The maximum Gasteiger partial charge on any atom is 0.251 e. The summed E-state index contributed by atoms with van der Waals surface area (Å²) in [5.74, 6) is -0.00231. The van der Waals surface area contributed by atoms with E-state index in [1.807, 2.05) is 6.07 Å². The molecule has 0 fully saturated rings. The molecule has 1 rings (SSSR count). The fraction of sp³-hybridized carbons (Fsp3) is 0.125. The molecule has 7 heteroatoms. The fourth-order valence-corrected chi connectivity index (χ4v) is 0.575. The van der Waals surface area contributed by atoms with Gasteiger partial charge in [0.25, 0.3) is 5.96 Å². The van der Waals surface area contributed by atoms with E-state index < -0.39 is 5.03 Å². The summed E-state index contributed by atoms with van der Waals surface area (Å²) in [6.07, 6.45) is 0. The summed E-state index contributed by atoms with van der Waals surface area (Å²) < 4.78 is 0. The van der Waals surface area contributed by atoms with Crippen molar-refractivity contribution in [3.8, 4) is 5.75 Å². The van der Waals surface area contributed by atoms with E-state index in [1.165, 1.54) is 7.05 Å². The maximum atomic E-state index is 9.48. The summed E-state index contributed by atoms with van der Waals surface area (Å²) in [6.45, 7) is 0. The van der Waals surface area contributed by atoms with Gasteiger partial charge in [-0.3, -0.25) is 5.41 Å². The van der Waals surface area contributed by atoms with Gasteiger partial charge in [-0.25, -0.2) is 10.1 Å². The van der Waals surface area contributed by atoms with Gasteiger partial charge in [0.1, 0.15) is 5.75 Å². The summed E-state index contributed by atoms with van der Waals surface area (Å²) in [6, 6.07) is 8.71. The Labute approximate surface area is 86.4 Å². The minimum absolute atomic E-state index is 0.322. The van der Waals surface area contributed by atoms with Crippen LogP contribution in [0.3, 0.4) is 0 Å². The Morgan fingerprint density at radius 3 is 2.20 bits per heavy atom. The third kappa shape index (κ3) is 8.03. The minimum Gasteiger partial charge on any atom is -0.508 e. The smallest absolute Gasteiger partial charge is 0.251 e. The van der Waals surface area contributed by atoms with E-state index in [-0.39, 0.29) is 5.96 Å². The number of aromatic hydroxyl groups is 1. The van der Waals surface area contributed by atoms with Gasteiger partial charge < -0.3 is 10.4 Å². The lowest BCUT2D eigenvalue weighted by Gasteiger charge is -1.94. The van der Waals surface area contributed by atoms with Crippen LogP contribution in [0.4, 0.5) is 0 Å². The Hall–Kier alpha value is -2.31. The first-order chi connectivity index (χ1) is 7.06. The molecule has 0 aliphatic rings.